The quantitative estimate of drug-likeness (QED) is 0.666. The van der Waals surface area contributed by atoms with Gasteiger partial charge in [0.25, 0.3) is 0 Å². The lowest BCUT2D eigenvalue weighted by atomic mass is 10.3. The molecular weight excluding hydrogens is 313 g/mol. The van der Waals surface area contributed by atoms with Gasteiger partial charge in [0.1, 0.15) is 18.2 Å². The summed E-state index contributed by atoms with van der Waals surface area (Å²) in [5.41, 5.74) is 0. The molecule has 0 spiro atoms. The van der Waals surface area contributed by atoms with Crippen LogP contribution in [0.2, 0.25) is 0 Å². The van der Waals surface area contributed by atoms with Crippen LogP contribution in [0.4, 0.5) is 4.39 Å². The van der Waals surface area contributed by atoms with Gasteiger partial charge in [-0.3, -0.25) is 0 Å². The van der Waals surface area contributed by atoms with Crippen molar-refractivity contribution in [3.8, 4) is 5.75 Å². The van der Waals surface area contributed by atoms with Crippen LogP contribution in [0.5, 0.6) is 5.75 Å². The van der Waals surface area contributed by atoms with Crippen LogP contribution in [0.15, 0.2) is 22.7 Å². The Balaban J connectivity index is 2.00. The third-order valence-electron chi connectivity index (χ3n) is 2.53. The molecular formula is C14H21BrFNO2. The molecule has 0 saturated heterocycles. The molecule has 1 rings (SSSR count). The maximum absolute atomic E-state index is 13.2. The molecule has 0 atom stereocenters. The minimum Gasteiger partial charge on any atom is -0.492 e. The van der Waals surface area contributed by atoms with E-state index in [4.69, 9.17) is 9.47 Å². The van der Waals surface area contributed by atoms with Crippen LogP contribution in [0.1, 0.15) is 19.8 Å². The van der Waals surface area contributed by atoms with E-state index in [9.17, 15) is 4.39 Å². The summed E-state index contributed by atoms with van der Waals surface area (Å²) in [5, 5.41) is 3.27. The Hall–Kier alpha value is -0.650. The first-order valence-corrected chi connectivity index (χ1v) is 7.39. The largest absolute Gasteiger partial charge is 0.492 e. The maximum Gasteiger partial charge on any atom is 0.141 e. The molecule has 1 N–H and O–H groups in total. The van der Waals surface area contributed by atoms with Crippen molar-refractivity contribution in [2.75, 3.05) is 32.9 Å². The second-order valence-electron chi connectivity index (χ2n) is 4.08. The first-order chi connectivity index (χ1) is 9.24. The lowest BCUT2D eigenvalue weighted by Gasteiger charge is -2.08. The highest BCUT2D eigenvalue weighted by Gasteiger charge is 2.00. The third kappa shape index (κ3) is 7.50. The molecule has 0 aliphatic rings. The van der Waals surface area contributed by atoms with Gasteiger partial charge in [-0.15, -0.1) is 0 Å². The first kappa shape index (κ1) is 16.4. The van der Waals surface area contributed by atoms with Crippen molar-refractivity contribution >= 4 is 15.9 Å². The molecule has 0 fully saturated rings. The number of halogens is 2. The molecule has 0 unspecified atom stereocenters. The molecule has 0 bridgehead atoms. The molecule has 0 radical (unpaired) electrons. The molecule has 5 heteroatoms. The van der Waals surface area contributed by atoms with Crippen LogP contribution >= 0.6 is 15.9 Å². The molecule has 3 nitrogen and oxygen atoms in total. The number of benzene rings is 1. The maximum atomic E-state index is 13.2. The van der Waals surface area contributed by atoms with Crippen molar-refractivity contribution in [1.29, 1.82) is 0 Å². The van der Waals surface area contributed by atoms with Gasteiger partial charge in [0.05, 0.1) is 4.47 Å². The smallest absolute Gasteiger partial charge is 0.141 e. The fraction of sp³-hybridized carbons (Fsp3) is 0.571. The van der Waals surface area contributed by atoms with Crippen molar-refractivity contribution in [1.82, 2.24) is 5.32 Å². The molecule has 0 aromatic heterocycles. The molecule has 108 valence electrons. The fourth-order valence-corrected chi connectivity index (χ4v) is 1.78. The van der Waals surface area contributed by atoms with Crippen molar-refractivity contribution in [2.24, 2.45) is 0 Å². The van der Waals surface area contributed by atoms with Crippen molar-refractivity contribution in [3.63, 3.8) is 0 Å². The van der Waals surface area contributed by atoms with Crippen LogP contribution in [-0.2, 0) is 4.74 Å². The molecule has 0 aliphatic heterocycles. The van der Waals surface area contributed by atoms with E-state index in [1.807, 2.05) is 6.92 Å². The molecule has 0 heterocycles. The topological polar surface area (TPSA) is 30.5 Å². The van der Waals surface area contributed by atoms with Crippen LogP contribution in [0, 0.1) is 5.82 Å². The highest BCUT2D eigenvalue weighted by molar-refractivity contribution is 9.10. The zero-order valence-corrected chi connectivity index (χ0v) is 12.8. The average molecular weight is 334 g/mol. The van der Waals surface area contributed by atoms with Crippen molar-refractivity contribution in [3.05, 3.63) is 28.5 Å². The van der Waals surface area contributed by atoms with Gasteiger partial charge in [-0.05, 0) is 54.4 Å². The normalized spacial score (nSPS) is 10.7. The summed E-state index contributed by atoms with van der Waals surface area (Å²) in [6.07, 6.45) is 2.16. The lowest BCUT2D eigenvalue weighted by Crippen LogP contribution is -2.22. The van der Waals surface area contributed by atoms with E-state index in [0.29, 0.717) is 16.8 Å². The highest BCUT2D eigenvalue weighted by atomic mass is 79.9. The third-order valence-corrected chi connectivity index (χ3v) is 3.18. The standard InChI is InChI=1S/C14H21BrFNO2/c1-2-18-9-4-3-7-17-8-10-19-12-5-6-13(15)14(16)11-12/h5-6,11,17H,2-4,7-10H2,1H3. The SMILES string of the molecule is CCOCCCCNCCOc1ccc(Br)c(F)c1. The number of ether oxygens (including phenoxy) is 2. The number of unbranched alkanes of at least 4 members (excludes halogenated alkanes) is 1. The number of rotatable bonds is 10. The summed E-state index contributed by atoms with van der Waals surface area (Å²) < 4.78 is 24.3. The van der Waals surface area contributed by atoms with Gasteiger partial charge in [-0.2, -0.15) is 0 Å². The number of hydrogen-bond acceptors (Lipinski definition) is 3. The molecule has 0 amide bonds. The minimum absolute atomic E-state index is 0.304. The van der Waals surface area contributed by atoms with E-state index in [1.54, 1.807) is 12.1 Å². The zero-order chi connectivity index (χ0) is 13.9. The van der Waals surface area contributed by atoms with Gasteiger partial charge in [0.2, 0.25) is 0 Å². The van der Waals surface area contributed by atoms with Crippen molar-refractivity contribution < 1.29 is 13.9 Å². The Morgan fingerprint density at radius 1 is 1.21 bits per heavy atom. The lowest BCUT2D eigenvalue weighted by molar-refractivity contribution is 0.143. The van der Waals surface area contributed by atoms with Gasteiger partial charge >= 0.3 is 0 Å². The van der Waals surface area contributed by atoms with Gasteiger partial charge in [0, 0.05) is 25.8 Å². The second kappa shape index (κ2) is 10.2. The Morgan fingerprint density at radius 3 is 2.79 bits per heavy atom. The fourth-order valence-electron chi connectivity index (χ4n) is 1.53. The first-order valence-electron chi connectivity index (χ1n) is 6.60. The summed E-state index contributed by atoms with van der Waals surface area (Å²) >= 11 is 3.10. The van der Waals surface area contributed by atoms with Crippen LogP contribution in [0.25, 0.3) is 0 Å². The Morgan fingerprint density at radius 2 is 2.05 bits per heavy atom. The van der Waals surface area contributed by atoms with Gasteiger partial charge in [-0.25, -0.2) is 4.39 Å². The zero-order valence-electron chi connectivity index (χ0n) is 11.3. The van der Waals surface area contributed by atoms with Gasteiger partial charge in [0.15, 0.2) is 0 Å². The molecule has 0 saturated carbocycles. The summed E-state index contributed by atoms with van der Waals surface area (Å²) in [7, 11) is 0. The Labute approximate surface area is 122 Å². The van der Waals surface area contributed by atoms with E-state index >= 15 is 0 Å². The Bertz CT molecular complexity index is 363. The van der Waals surface area contributed by atoms with E-state index in [2.05, 4.69) is 21.2 Å². The van der Waals surface area contributed by atoms with Gasteiger partial charge < -0.3 is 14.8 Å². The monoisotopic (exact) mass is 333 g/mol. The average Bonchev–Trinajstić information content (AvgIpc) is 2.41. The predicted molar refractivity (Wildman–Crippen MR) is 78.2 cm³/mol. The van der Waals surface area contributed by atoms with Crippen molar-refractivity contribution in [2.45, 2.75) is 19.8 Å². The van der Waals surface area contributed by atoms with E-state index in [1.165, 1.54) is 6.07 Å². The summed E-state index contributed by atoms with van der Waals surface area (Å²) in [5.74, 6) is 0.250. The molecule has 1 aromatic carbocycles. The highest BCUT2D eigenvalue weighted by Crippen LogP contribution is 2.20. The number of nitrogens with one attached hydrogen (secondary N) is 1. The van der Waals surface area contributed by atoms with Gasteiger partial charge in [-0.1, -0.05) is 0 Å². The predicted octanol–water partition coefficient (Wildman–Crippen LogP) is 3.37. The summed E-state index contributed by atoms with van der Waals surface area (Å²) in [6.45, 7) is 5.85. The Kier molecular flexibility index (Phi) is 8.79. The minimum atomic E-state index is -0.304. The summed E-state index contributed by atoms with van der Waals surface area (Å²) in [6, 6.07) is 4.77. The van der Waals surface area contributed by atoms with E-state index in [-0.39, 0.29) is 5.82 Å². The molecule has 0 aliphatic carbocycles. The molecule has 1 aromatic rings. The van der Waals surface area contributed by atoms with E-state index in [0.717, 1.165) is 39.1 Å². The van der Waals surface area contributed by atoms with E-state index < -0.39 is 0 Å². The van der Waals surface area contributed by atoms with Crippen LogP contribution in [0.3, 0.4) is 0 Å². The summed E-state index contributed by atoms with van der Waals surface area (Å²) in [4.78, 5) is 0. The second-order valence-corrected chi connectivity index (χ2v) is 4.93. The number of hydrogen-bond donors (Lipinski definition) is 1. The molecule has 19 heavy (non-hydrogen) atoms. The van der Waals surface area contributed by atoms with Crippen LogP contribution < -0.4 is 10.1 Å². The van der Waals surface area contributed by atoms with Crippen LogP contribution in [-0.4, -0.2) is 32.9 Å².